The first-order chi connectivity index (χ1) is 22.1. The molecule has 0 aliphatic heterocycles. The molecule has 0 saturated heterocycles. The van der Waals surface area contributed by atoms with E-state index in [0.717, 1.165) is 18.2 Å². The van der Waals surface area contributed by atoms with E-state index in [9.17, 15) is 40.7 Å². The Morgan fingerprint density at radius 3 is 2.26 bits per heavy atom. The number of aromatic nitrogens is 6. The molecule has 4 rings (SSSR count). The number of esters is 1. The number of alkyl halides is 6. The van der Waals surface area contributed by atoms with Crippen molar-refractivity contribution in [3.8, 4) is 17.1 Å². The Morgan fingerprint density at radius 1 is 0.957 bits per heavy atom. The molecular formula is C28H27ClF6N8O4. The Kier molecular flexibility index (Phi) is 10.7. The summed E-state index contributed by atoms with van der Waals surface area (Å²) >= 11 is 5.94. The molecule has 12 nitrogen and oxygen atoms in total. The number of amides is 1. The van der Waals surface area contributed by atoms with E-state index in [1.165, 1.54) is 30.3 Å². The molecule has 0 aliphatic carbocycles. The molecule has 4 N–H and O–H groups in total. The number of nitrogens with zero attached hydrogens (tertiary/aromatic N) is 6. The van der Waals surface area contributed by atoms with Crippen LogP contribution in [0.1, 0.15) is 47.7 Å². The van der Waals surface area contributed by atoms with Gasteiger partial charge in [0.05, 0.1) is 17.8 Å². The first-order valence-electron chi connectivity index (χ1n) is 13.9. The van der Waals surface area contributed by atoms with E-state index in [0.29, 0.717) is 33.3 Å². The van der Waals surface area contributed by atoms with E-state index in [4.69, 9.17) is 27.8 Å². The van der Waals surface area contributed by atoms with Crippen LogP contribution in [0.3, 0.4) is 0 Å². The van der Waals surface area contributed by atoms with Crippen LogP contribution >= 0.6 is 11.6 Å². The number of nitrogens with two attached hydrogens (primary N) is 2. The number of hydrogen-bond donors (Lipinski definition) is 2. The summed E-state index contributed by atoms with van der Waals surface area (Å²) in [4.78, 5) is 41.8. The summed E-state index contributed by atoms with van der Waals surface area (Å²) < 4.78 is 89.9. The lowest BCUT2D eigenvalue weighted by molar-refractivity contribution is -0.224. The van der Waals surface area contributed by atoms with E-state index in [1.54, 1.807) is 0 Å². The predicted octanol–water partition coefficient (Wildman–Crippen LogP) is 4.11. The third-order valence-electron chi connectivity index (χ3n) is 6.70. The second-order valence-corrected chi connectivity index (χ2v) is 10.6. The number of primary amides is 1. The fraction of sp³-hybridized carbons (Fsp3) is 0.357. The van der Waals surface area contributed by atoms with E-state index in [-0.39, 0.29) is 29.3 Å². The zero-order valence-electron chi connectivity index (χ0n) is 24.3. The molecule has 0 radical (unpaired) electrons. The Balaban J connectivity index is 1.75. The molecule has 47 heavy (non-hydrogen) atoms. The summed E-state index contributed by atoms with van der Waals surface area (Å²) in [5.41, 5.74) is 7.98. The van der Waals surface area contributed by atoms with Crippen molar-refractivity contribution in [2.45, 2.75) is 57.2 Å². The number of unbranched alkanes of at least 4 members (excludes halogenated alkanes) is 2. The number of hydrogen-bond acceptors (Lipinski definition) is 8. The quantitative estimate of drug-likeness (QED) is 0.120. The predicted molar refractivity (Wildman–Crippen MR) is 154 cm³/mol. The van der Waals surface area contributed by atoms with Gasteiger partial charge >= 0.3 is 24.0 Å². The van der Waals surface area contributed by atoms with Crippen molar-refractivity contribution in [1.82, 2.24) is 29.1 Å². The van der Waals surface area contributed by atoms with Gasteiger partial charge in [-0.1, -0.05) is 30.2 Å². The van der Waals surface area contributed by atoms with E-state index < -0.39 is 72.0 Å². The summed E-state index contributed by atoms with van der Waals surface area (Å²) in [6.45, 7) is -1.55. The number of benzene rings is 2. The average molecular weight is 689 g/mol. The van der Waals surface area contributed by atoms with Gasteiger partial charge < -0.3 is 16.2 Å². The second-order valence-electron chi connectivity index (χ2n) is 10.1. The molecule has 0 fully saturated rings. The van der Waals surface area contributed by atoms with Crippen molar-refractivity contribution in [3.63, 3.8) is 0 Å². The highest BCUT2D eigenvalue weighted by Crippen LogP contribution is 2.34. The third-order valence-corrected chi connectivity index (χ3v) is 6.95. The molecular weight excluding hydrogens is 662 g/mol. The molecule has 0 bridgehead atoms. The average Bonchev–Trinajstić information content (AvgIpc) is 3.56. The molecule has 4 aromatic rings. The molecule has 1 atom stereocenters. The largest absolute Gasteiger partial charge is 0.451 e. The highest BCUT2D eigenvalue weighted by Gasteiger charge is 2.44. The minimum absolute atomic E-state index is 0.148. The maximum atomic E-state index is 14.1. The first kappa shape index (κ1) is 35.1. The molecule has 2 aromatic heterocycles. The lowest BCUT2D eigenvalue weighted by Crippen LogP contribution is -2.40. The van der Waals surface area contributed by atoms with Gasteiger partial charge in [0.25, 0.3) is 5.91 Å². The number of carbonyl (C=O) groups excluding carboxylic acids is 2. The standard InChI is InChI=1S/C28H27ClF6N8O4/c29-17-11-9-16(10-12-17)24-40-42(26(46)41(24)14-20(28(33,34)35)47-22(44)8-2-1-5-13-36)15-21-38-25(23(37)45)43(39-21)19-7-4-3-6-18(19)27(30,31)32/h3-4,6-7,9-12,20H,1-2,5,8,13-15,36H2,(H2,37,45)/t20-/m0/s1. The van der Waals surface area contributed by atoms with Crippen LogP contribution in [0.5, 0.6) is 0 Å². The normalized spacial score (nSPS) is 12.7. The van der Waals surface area contributed by atoms with Crippen LogP contribution in [-0.2, 0) is 28.8 Å². The number of carbonyl (C=O) groups is 2. The highest BCUT2D eigenvalue weighted by atomic mass is 35.5. The van der Waals surface area contributed by atoms with Gasteiger partial charge in [-0.25, -0.2) is 19.1 Å². The number of ether oxygens (including phenoxy) is 1. The summed E-state index contributed by atoms with van der Waals surface area (Å²) in [6, 6.07) is 9.69. The molecule has 252 valence electrons. The Morgan fingerprint density at radius 2 is 1.64 bits per heavy atom. The Bertz CT molecular complexity index is 1780. The fourth-order valence-corrected chi connectivity index (χ4v) is 4.61. The number of rotatable bonds is 13. The van der Waals surface area contributed by atoms with Gasteiger partial charge in [-0.05, 0) is 55.8 Å². The maximum Gasteiger partial charge on any atom is 0.427 e. The van der Waals surface area contributed by atoms with Crippen LogP contribution in [-0.4, -0.2) is 59.8 Å². The monoisotopic (exact) mass is 688 g/mol. The van der Waals surface area contributed by atoms with Crippen molar-refractivity contribution in [2.75, 3.05) is 6.54 Å². The Labute approximate surface area is 266 Å². The smallest absolute Gasteiger partial charge is 0.427 e. The van der Waals surface area contributed by atoms with Gasteiger partial charge in [0.15, 0.2) is 11.6 Å². The van der Waals surface area contributed by atoms with E-state index >= 15 is 0 Å². The van der Waals surface area contributed by atoms with Crippen LogP contribution in [0.4, 0.5) is 26.3 Å². The molecule has 2 aromatic carbocycles. The molecule has 1 amide bonds. The molecule has 2 heterocycles. The summed E-state index contributed by atoms with van der Waals surface area (Å²) in [5, 5.41) is 8.33. The first-order valence-corrected chi connectivity index (χ1v) is 14.3. The highest BCUT2D eigenvalue weighted by molar-refractivity contribution is 6.30. The molecule has 0 saturated carbocycles. The van der Waals surface area contributed by atoms with Crippen LogP contribution in [0.15, 0.2) is 53.3 Å². The lowest BCUT2D eigenvalue weighted by Gasteiger charge is -2.21. The summed E-state index contributed by atoms with van der Waals surface area (Å²) in [7, 11) is 0. The number of halogens is 7. The van der Waals surface area contributed by atoms with E-state index in [2.05, 4.69) is 15.2 Å². The van der Waals surface area contributed by atoms with Crippen molar-refractivity contribution in [2.24, 2.45) is 11.5 Å². The van der Waals surface area contributed by atoms with Crippen LogP contribution < -0.4 is 17.2 Å². The van der Waals surface area contributed by atoms with E-state index in [1.807, 2.05) is 0 Å². The minimum Gasteiger partial charge on any atom is -0.451 e. The third kappa shape index (κ3) is 8.56. The van der Waals surface area contributed by atoms with Crippen molar-refractivity contribution >= 4 is 23.5 Å². The second kappa shape index (κ2) is 14.4. The molecule has 0 aliphatic rings. The van der Waals surface area contributed by atoms with Gasteiger partial charge in [-0.3, -0.25) is 14.2 Å². The van der Waals surface area contributed by atoms with Crippen molar-refractivity contribution in [1.29, 1.82) is 0 Å². The number of para-hydroxylation sites is 1. The molecule has 0 unspecified atom stereocenters. The van der Waals surface area contributed by atoms with Gasteiger partial charge in [-0.2, -0.15) is 26.3 Å². The van der Waals surface area contributed by atoms with Crippen LogP contribution in [0, 0.1) is 0 Å². The molecule has 19 heteroatoms. The van der Waals surface area contributed by atoms with Crippen molar-refractivity contribution in [3.05, 3.63) is 81.3 Å². The summed E-state index contributed by atoms with van der Waals surface area (Å²) in [5.74, 6) is -3.81. The maximum absolute atomic E-state index is 14.1. The van der Waals surface area contributed by atoms with Crippen LogP contribution in [0.25, 0.3) is 17.1 Å². The van der Waals surface area contributed by atoms with Gasteiger partial charge in [-0.15, -0.1) is 10.2 Å². The minimum atomic E-state index is -5.09. The fourth-order valence-electron chi connectivity index (χ4n) is 4.48. The Hall–Kier alpha value is -4.71. The molecule has 0 spiro atoms. The summed E-state index contributed by atoms with van der Waals surface area (Å²) in [6.07, 6.45) is -11.7. The topological polar surface area (TPSA) is 166 Å². The van der Waals surface area contributed by atoms with Gasteiger partial charge in [0.2, 0.25) is 11.9 Å². The van der Waals surface area contributed by atoms with Gasteiger partial charge in [0, 0.05) is 17.0 Å². The zero-order valence-corrected chi connectivity index (χ0v) is 25.0. The lowest BCUT2D eigenvalue weighted by atomic mass is 10.1. The van der Waals surface area contributed by atoms with Crippen molar-refractivity contribution < 1.29 is 40.7 Å². The van der Waals surface area contributed by atoms with Gasteiger partial charge in [0.1, 0.15) is 6.54 Å². The SMILES string of the molecule is NCCCCCC(=O)O[C@@H](Cn1c(-c2ccc(Cl)cc2)nn(Cc2nc(C(N)=O)n(-c3ccccc3C(F)(F)F)n2)c1=O)C(F)(F)F. The zero-order chi connectivity index (χ0) is 34.5. The van der Waals surface area contributed by atoms with Crippen LogP contribution in [0.2, 0.25) is 5.02 Å².